The molecular weight excluding hydrogens is 408 g/mol. The molecule has 0 N–H and O–H groups in total. The second-order valence-electron chi connectivity index (χ2n) is 8.80. The van der Waals surface area contributed by atoms with Crippen LogP contribution in [0.3, 0.4) is 0 Å². The molecule has 0 unspecified atom stereocenters. The number of benzene rings is 1. The third kappa shape index (κ3) is 4.50. The normalized spacial score (nSPS) is 18.3. The fourth-order valence-electron chi connectivity index (χ4n) is 4.76. The summed E-state index contributed by atoms with van der Waals surface area (Å²) in [5.74, 6) is 1.56. The van der Waals surface area contributed by atoms with Gasteiger partial charge in [-0.15, -0.1) is 0 Å². The highest BCUT2D eigenvalue weighted by atomic mass is 16.5. The van der Waals surface area contributed by atoms with Crippen LogP contribution in [0.5, 0.6) is 5.75 Å². The lowest BCUT2D eigenvalue weighted by molar-refractivity contribution is -0.138. The van der Waals surface area contributed by atoms with Crippen LogP contribution in [0.2, 0.25) is 0 Å². The molecule has 2 aromatic rings. The average molecular weight is 441 g/mol. The molecular formula is C24H32N4O4. The summed E-state index contributed by atoms with van der Waals surface area (Å²) in [4.78, 5) is 32.0. The highest BCUT2D eigenvalue weighted by Crippen LogP contribution is 2.24. The van der Waals surface area contributed by atoms with Crippen molar-refractivity contribution in [2.24, 2.45) is 0 Å². The standard InChI is InChI=1S/C24H32N4O4/c1-16-13-20(31-4)5-6-21(16)24(30)27-11-12-28(23(29)15-27)19-7-9-26(10-8-19)14-22-17(2)25-32-18(22)3/h5-6,13,19H,7-12,14-15H2,1-4H3. The Morgan fingerprint density at radius 3 is 2.50 bits per heavy atom. The number of carbonyl (C=O) groups is 2. The molecule has 3 heterocycles. The number of methoxy groups -OCH3 is 1. The molecule has 2 aliphatic heterocycles. The first kappa shape index (κ1) is 22.3. The van der Waals surface area contributed by atoms with E-state index in [9.17, 15) is 9.59 Å². The molecule has 2 amide bonds. The number of aryl methyl sites for hydroxylation is 3. The van der Waals surface area contributed by atoms with Gasteiger partial charge in [-0.25, -0.2) is 0 Å². The molecule has 0 atom stereocenters. The number of aromatic nitrogens is 1. The second kappa shape index (κ2) is 9.32. The lowest BCUT2D eigenvalue weighted by atomic mass is 10.0. The van der Waals surface area contributed by atoms with Crippen LogP contribution in [-0.4, -0.2) is 77.5 Å². The van der Waals surface area contributed by atoms with Gasteiger partial charge in [0.1, 0.15) is 18.1 Å². The molecule has 4 rings (SSSR count). The third-order valence-corrected chi connectivity index (χ3v) is 6.77. The number of ether oxygens (including phenoxy) is 1. The zero-order valence-corrected chi connectivity index (χ0v) is 19.4. The maximum Gasteiger partial charge on any atom is 0.254 e. The van der Waals surface area contributed by atoms with Crippen molar-refractivity contribution in [3.8, 4) is 5.75 Å². The number of rotatable bonds is 5. The van der Waals surface area contributed by atoms with Crippen molar-refractivity contribution in [3.05, 3.63) is 46.3 Å². The Labute approximate surface area is 189 Å². The molecule has 8 heteroatoms. The zero-order chi connectivity index (χ0) is 22.8. The van der Waals surface area contributed by atoms with E-state index in [4.69, 9.17) is 9.26 Å². The molecule has 2 aliphatic rings. The minimum Gasteiger partial charge on any atom is -0.497 e. The molecule has 1 aromatic carbocycles. The number of hydrogen-bond acceptors (Lipinski definition) is 6. The van der Waals surface area contributed by atoms with Gasteiger partial charge >= 0.3 is 0 Å². The van der Waals surface area contributed by atoms with Gasteiger partial charge in [-0.1, -0.05) is 5.16 Å². The van der Waals surface area contributed by atoms with Crippen LogP contribution in [0.15, 0.2) is 22.7 Å². The summed E-state index contributed by atoms with van der Waals surface area (Å²) < 4.78 is 10.5. The average Bonchev–Trinajstić information content (AvgIpc) is 3.11. The topological polar surface area (TPSA) is 79.1 Å². The first-order valence-corrected chi connectivity index (χ1v) is 11.2. The van der Waals surface area contributed by atoms with Gasteiger partial charge in [-0.05, 0) is 57.4 Å². The van der Waals surface area contributed by atoms with Gasteiger partial charge in [0, 0.05) is 49.9 Å². The van der Waals surface area contributed by atoms with E-state index in [-0.39, 0.29) is 24.4 Å². The van der Waals surface area contributed by atoms with Gasteiger partial charge in [0.25, 0.3) is 5.91 Å². The maximum absolute atomic E-state index is 13.0. The smallest absolute Gasteiger partial charge is 0.254 e. The number of piperazine rings is 1. The molecule has 2 saturated heterocycles. The quantitative estimate of drug-likeness (QED) is 0.711. The van der Waals surface area contributed by atoms with Gasteiger partial charge in [0.05, 0.1) is 12.8 Å². The Kier molecular flexibility index (Phi) is 6.50. The molecule has 32 heavy (non-hydrogen) atoms. The highest BCUT2D eigenvalue weighted by molar-refractivity contribution is 5.98. The predicted octanol–water partition coefficient (Wildman–Crippen LogP) is 2.56. The number of carbonyl (C=O) groups excluding carboxylic acids is 2. The van der Waals surface area contributed by atoms with Gasteiger partial charge in [0.15, 0.2) is 0 Å². The van der Waals surface area contributed by atoms with Crippen molar-refractivity contribution in [1.82, 2.24) is 19.9 Å². The summed E-state index contributed by atoms with van der Waals surface area (Å²) in [7, 11) is 1.61. The lowest BCUT2D eigenvalue weighted by Crippen LogP contribution is -2.57. The molecule has 0 radical (unpaired) electrons. The molecule has 0 aliphatic carbocycles. The van der Waals surface area contributed by atoms with E-state index >= 15 is 0 Å². The van der Waals surface area contributed by atoms with Crippen LogP contribution in [0.1, 0.15) is 45.8 Å². The lowest BCUT2D eigenvalue weighted by Gasteiger charge is -2.42. The summed E-state index contributed by atoms with van der Waals surface area (Å²) in [6.07, 6.45) is 1.89. The van der Waals surface area contributed by atoms with E-state index in [0.29, 0.717) is 18.7 Å². The van der Waals surface area contributed by atoms with Gasteiger partial charge in [-0.3, -0.25) is 14.5 Å². The summed E-state index contributed by atoms with van der Waals surface area (Å²) >= 11 is 0. The van der Waals surface area contributed by atoms with Gasteiger partial charge in [0.2, 0.25) is 5.91 Å². The molecule has 172 valence electrons. The minimum absolute atomic E-state index is 0.0416. The van der Waals surface area contributed by atoms with Crippen LogP contribution in [-0.2, 0) is 11.3 Å². The molecule has 8 nitrogen and oxygen atoms in total. The van der Waals surface area contributed by atoms with Crippen LogP contribution in [0.25, 0.3) is 0 Å². The number of likely N-dealkylation sites (tertiary alicyclic amines) is 1. The molecule has 0 spiro atoms. The summed E-state index contributed by atoms with van der Waals surface area (Å²) in [5, 5.41) is 4.04. The Morgan fingerprint density at radius 2 is 1.91 bits per heavy atom. The number of nitrogens with zero attached hydrogens (tertiary/aromatic N) is 4. The van der Waals surface area contributed by atoms with Crippen molar-refractivity contribution in [2.45, 2.75) is 46.2 Å². The predicted molar refractivity (Wildman–Crippen MR) is 120 cm³/mol. The molecule has 0 bridgehead atoms. The first-order chi connectivity index (χ1) is 15.4. The Morgan fingerprint density at radius 1 is 1.16 bits per heavy atom. The van der Waals surface area contributed by atoms with Crippen LogP contribution in [0, 0.1) is 20.8 Å². The van der Waals surface area contributed by atoms with Crippen LogP contribution < -0.4 is 4.74 Å². The summed E-state index contributed by atoms with van der Waals surface area (Å²) in [6.45, 7) is 9.83. The van der Waals surface area contributed by atoms with Crippen molar-refractivity contribution in [3.63, 3.8) is 0 Å². The Balaban J connectivity index is 1.31. The van der Waals surface area contributed by atoms with E-state index in [1.165, 1.54) is 5.56 Å². The first-order valence-electron chi connectivity index (χ1n) is 11.2. The third-order valence-electron chi connectivity index (χ3n) is 6.77. The van der Waals surface area contributed by atoms with Crippen molar-refractivity contribution in [1.29, 1.82) is 0 Å². The van der Waals surface area contributed by atoms with Gasteiger partial charge in [-0.2, -0.15) is 0 Å². The number of hydrogen-bond donors (Lipinski definition) is 0. The highest BCUT2D eigenvalue weighted by Gasteiger charge is 2.34. The van der Waals surface area contributed by atoms with Crippen molar-refractivity contribution >= 4 is 11.8 Å². The van der Waals surface area contributed by atoms with E-state index in [1.54, 1.807) is 24.1 Å². The summed E-state index contributed by atoms with van der Waals surface area (Å²) in [6, 6.07) is 5.65. The fraction of sp³-hybridized carbons (Fsp3) is 0.542. The minimum atomic E-state index is -0.0903. The van der Waals surface area contributed by atoms with Crippen LogP contribution in [0.4, 0.5) is 0 Å². The summed E-state index contributed by atoms with van der Waals surface area (Å²) in [5.41, 5.74) is 3.60. The number of amides is 2. The maximum atomic E-state index is 13.0. The van der Waals surface area contributed by atoms with Crippen LogP contribution >= 0.6 is 0 Å². The van der Waals surface area contributed by atoms with E-state index in [0.717, 1.165) is 55.2 Å². The van der Waals surface area contributed by atoms with Crippen molar-refractivity contribution in [2.75, 3.05) is 39.8 Å². The monoisotopic (exact) mass is 440 g/mol. The van der Waals surface area contributed by atoms with E-state index in [1.807, 2.05) is 31.7 Å². The second-order valence-corrected chi connectivity index (χ2v) is 8.80. The van der Waals surface area contributed by atoms with Gasteiger partial charge < -0.3 is 19.1 Å². The SMILES string of the molecule is COc1ccc(C(=O)N2CCN(C3CCN(Cc4c(C)noc4C)CC3)C(=O)C2)c(C)c1. The molecule has 1 aromatic heterocycles. The largest absolute Gasteiger partial charge is 0.497 e. The van der Waals surface area contributed by atoms with E-state index in [2.05, 4.69) is 10.1 Å². The zero-order valence-electron chi connectivity index (χ0n) is 19.4. The fourth-order valence-corrected chi connectivity index (χ4v) is 4.76. The van der Waals surface area contributed by atoms with Crippen molar-refractivity contribution < 1.29 is 18.8 Å². The molecule has 2 fully saturated rings. The van der Waals surface area contributed by atoms with E-state index < -0.39 is 0 Å². The Hall–Kier alpha value is -2.87. The Bertz CT molecular complexity index is 974. The molecule has 0 saturated carbocycles. The number of piperidine rings is 1.